The summed E-state index contributed by atoms with van der Waals surface area (Å²) in [6, 6.07) is 7.48. The predicted octanol–water partition coefficient (Wildman–Crippen LogP) is 4.83. The molecule has 1 aromatic carbocycles. The van der Waals surface area contributed by atoms with E-state index >= 15 is 0 Å². The monoisotopic (exact) mass is 355 g/mol. The zero-order valence-electron chi connectivity index (χ0n) is 12.5. The van der Waals surface area contributed by atoms with Crippen molar-refractivity contribution in [3.05, 3.63) is 34.3 Å². The predicted molar refractivity (Wildman–Crippen MR) is 94.0 cm³/mol. The average molecular weight is 356 g/mol. The van der Waals surface area contributed by atoms with E-state index in [2.05, 4.69) is 29.4 Å². The quantitative estimate of drug-likeness (QED) is 0.723. The maximum atomic E-state index is 12.0. The number of rotatable bonds is 7. The molecule has 0 saturated carbocycles. The third-order valence-corrected chi connectivity index (χ3v) is 5.73. The molecule has 0 fully saturated rings. The van der Waals surface area contributed by atoms with E-state index in [0.717, 1.165) is 22.7 Å². The molecule has 22 heavy (non-hydrogen) atoms. The van der Waals surface area contributed by atoms with Crippen LogP contribution in [-0.4, -0.2) is 21.9 Å². The van der Waals surface area contributed by atoms with E-state index in [-0.39, 0.29) is 5.91 Å². The molecule has 0 radical (unpaired) electrons. The second-order valence-corrected chi connectivity index (χ2v) is 7.16. The fraction of sp³-hybridized carbons (Fsp3) is 0.400. The Morgan fingerprint density at radius 1 is 1.32 bits per heavy atom. The first-order valence-electron chi connectivity index (χ1n) is 7.14. The van der Waals surface area contributed by atoms with Crippen molar-refractivity contribution in [1.29, 1.82) is 0 Å². The van der Waals surface area contributed by atoms with Gasteiger partial charge in [0.05, 0.1) is 10.8 Å². The normalized spacial score (nSPS) is 10.9. The van der Waals surface area contributed by atoms with Crippen LogP contribution >= 0.6 is 34.7 Å². The molecule has 2 rings (SSSR count). The van der Waals surface area contributed by atoms with Crippen molar-refractivity contribution >= 4 is 45.7 Å². The van der Waals surface area contributed by atoms with Crippen LogP contribution in [0.5, 0.6) is 0 Å². The lowest BCUT2D eigenvalue weighted by Crippen LogP contribution is -2.13. The summed E-state index contributed by atoms with van der Waals surface area (Å²) in [7, 11) is 0. The van der Waals surface area contributed by atoms with Gasteiger partial charge >= 0.3 is 0 Å². The minimum absolute atomic E-state index is 0.0998. The number of benzene rings is 1. The van der Waals surface area contributed by atoms with Gasteiger partial charge in [0.25, 0.3) is 0 Å². The summed E-state index contributed by atoms with van der Waals surface area (Å²) in [5.74, 6) is 0.613. The van der Waals surface area contributed by atoms with Gasteiger partial charge in [0.1, 0.15) is 5.01 Å². The van der Waals surface area contributed by atoms with E-state index < -0.39 is 0 Å². The molecular weight excluding hydrogens is 338 g/mol. The molecule has 0 unspecified atom stereocenters. The van der Waals surface area contributed by atoms with Crippen LogP contribution in [0.2, 0.25) is 5.02 Å². The van der Waals surface area contributed by atoms with E-state index in [1.807, 2.05) is 24.3 Å². The number of amides is 1. The van der Waals surface area contributed by atoms with Crippen molar-refractivity contribution in [2.24, 2.45) is 0 Å². The van der Waals surface area contributed by atoms with Gasteiger partial charge in [-0.25, -0.2) is 0 Å². The van der Waals surface area contributed by atoms with Crippen LogP contribution in [0.1, 0.15) is 37.6 Å². The first-order chi connectivity index (χ1) is 10.6. The minimum Gasteiger partial charge on any atom is -0.300 e. The summed E-state index contributed by atoms with van der Waals surface area (Å²) < 4.78 is 0. The molecule has 0 aliphatic heterocycles. The minimum atomic E-state index is -0.0998. The van der Waals surface area contributed by atoms with Gasteiger partial charge in [-0.2, -0.15) is 0 Å². The molecule has 4 nitrogen and oxygen atoms in total. The van der Waals surface area contributed by atoms with Crippen LogP contribution in [0.4, 0.5) is 5.13 Å². The molecule has 118 valence electrons. The highest BCUT2D eigenvalue weighted by Crippen LogP contribution is 2.29. The van der Waals surface area contributed by atoms with Gasteiger partial charge in [-0.3, -0.25) is 10.1 Å². The second-order valence-electron chi connectivity index (χ2n) is 4.73. The number of carbonyl (C=O) groups is 1. The smallest absolute Gasteiger partial charge is 0.236 e. The number of hydrogen-bond acceptors (Lipinski definition) is 5. The SMILES string of the molecule is CCC(CC)c1nnc(NC(=O)CSc2ccccc2Cl)s1. The molecule has 0 aliphatic rings. The van der Waals surface area contributed by atoms with Gasteiger partial charge in [-0.1, -0.05) is 48.9 Å². The molecule has 0 spiro atoms. The van der Waals surface area contributed by atoms with E-state index in [4.69, 9.17) is 11.6 Å². The second kappa shape index (κ2) is 8.50. The van der Waals surface area contributed by atoms with Crippen LogP contribution in [0.3, 0.4) is 0 Å². The fourth-order valence-electron chi connectivity index (χ4n) is 1.95. The van der Waals surface area contributed by atoms with Gasteiger partial charge in [-0.15, -0.1) is 22.0 Å². The summed E-state index contributed by atoms with van der Waals surface area (Å²) in [5, 5.41) is 13.2. The standard InChI is InChI=1S/C15H18ClN3OS2/c1-3-10(4-2)14-18-19-15(22-14)17-13(20)9-21-12-8-6-5-7-11(12)16/h5-8,10H,3-4,9H2,1-2H3,(H,17,19,20). The van der Waals surface area contributed by atoms with Crippen LogP contribution in [0.15, 0.2) is 29.2 Å². The first kappa shape index (κ1) is 17.2. The van der Waals surface area contributed by atoms with E-state index in [1.165, 1.54) is 23.1 Å². The highest BCUT2D eigenvalue weighted by atomic mass is 35.5. The van der Waals surface area contributed by atoms with Crippen molar-refractivity contribution in [1.82, 2.24) is 10.2 Å². The Morgan fingerprint density at radius 2 is 2.05 bits per heavy atom. The van der Waals surface area contributed by atoms with Crippen molar-refractivity contribution < 1.29 is 4.79 Å². The Balaban J connectivity index is 1.88. The molecule has 1 amide bonds. The topological polar surface area (TPSA) is 54.9 Å². The summed E-state index contributed by atoms with van der Waals surface area (Å²) in [6.07, 6.45) is 2.06. The Labute approximate surface area is 143 Å². The molecule has 1 aromatic heterocycles. The van der Waals surface area contributed by atoms with Gasteiger partial charge in [0, 0.05) is 10.8 Å². The van der Waals surface area contributed by atoms with Crippen LogP contribution in [-0.2, 0) is 4.79 Å². The third-order valence-electron chi connectivity index (χ3n) is 3.22. The van der Waals surface area contributed by atoms with Crippen molar-refractivity contribution in [2.45, 2.75) is 37.5 Å². The summed E-state index contributed by atoms with van der Waals surface area (Å²) in [6.45, 7) is 4.27. The fourth-order valence-corrected chi connectivity index (χ4v) is 4.01. The Bertz CT molecular complexity index is 629. The van der Waals surface area contributed by atoms with Crippen LogP contribution < -0.4 is 5.32 Å². The molecule has 0 aliphatic carbocycles. The summed E-state index contributed by atoms with van der Waals surface area (Å²) >= 11 is 8.93. The number of hydrogen-bond donors (Lipinski definition) is 1. The Hall–Kier alpha value is -1.11. The van der Waals surface area contributed by atoms with Gasteiger partial charge in [0.15, 0.2) is 0 Å². The largest absolute Gasteiger partial charge is 0.300 e. The van der Waals surface area contributed by atoms with Crippen LogP contribution in [0, 0.1) is 0 Å². The number of aromatic nitrogens is 2. The number of nitrogens with zero attached hydrogens (tertiary/aromatic N) is 2. The highest BCUT2D eigenvalue weighted by molar-refractivity contribution is 8.00. The molecule has 0 bridgehead atoms. The summed E-state index contributed by atoms with van der Waals surface area (Å²) in [5.41, 5.74) is 0. The van der Waals surface area contributed by atoms with E-state index in [1.54, 1.807) is 0 Å². The van der Waals surface area contributed by atoms with E-state index in [9.17, 15) is 4.79 Å². The molecule has 0 atom stereocenters. The molecule has 0 saturated heterocycles. The van der Waals surface area contributed by atoms with Gasteiger partial charge in [0.2, 0.25) is 11.0 Å². The maximum absolute atomic E-state index is 12.0. The first-order valence-corrected chi connectivity index (χ1v) is 9.32. The number of anilines is 1. The number of thioether (sulfide) groups is 1. The zero-order valence-corrected chi connectivity index (χ0v) is 14.9. The number of halogens is 1. The molecule has 7 heteroatoms. The molecular formula is C15H18ClN3OS2. The van der Waals surface area contributed by atoms with Crippen molar-refractivity contribution in [3.63, 3.8) is 0 Å². The van der Waals surface area contributed by atoms with Gasteiger partial charge in [-0.05, 0) is 25.0 Å². The van der Waals surface area contributed by atoms with Gasteiger partial charge < -0.3 is 0 Å². The lowest BCUT2D eigenvalue weighted by Gasteiger charge is -2.06. The van der Waals surface area contributed by atoms with E-state index in [0.29, 0.717) is 21.8 Å². The average Bonchev–Trinajstić information content (AvgIpc) is 2.96. The molecule has 1 N–H and O–H groups in total. The lowest BCUT2D eigenvalue weighted by molar-refractivity contribution is -0.113. The summed E-state index contributed by atoms with van der Waals surface area (Å²) in [4.78, 5) is 12.9. The van der Waals surface area contributed by atoms with Crippen LogP contribution in [0.25, 0.3) is 0 Å². The molecule has 1 heterocycles. The zero-order chi connectivity index (χ0) is 15.9. The lowest BCUT2D eigenvalue weighted by atomic mass is 10.1. The highest BCUT2D eigenvalue weighted by Gasteiger charge is 2.14. The number of carbonyl (C=O) groups excluding carboxylic acids is 1. The Kier molecular flexibility index (Phi) is 6.67. The Morgan fingerprint density at radius 3 is 2.73 bits per heavy atom. The maximum Gasteiger partial charge on any atom is 0.236 e. The van der Waals surface area contributed by atoms with Crippen molar-refractivity contribution in [3.8, 4) is 0 Å². The molecule has 2 aromatic rings. The van der Waals surface area contributed by atoms with Crippen molar-refractivity contribution in [2.75, 3.05) is 11.1 Å². The third kappa shape index (κ3) is 4.69. The number of nitrogens with one attached hydrogen (secondary N) is 1.